The molecule has 5 nitrogen and oxygen atoms in total. The number of halogens is 2. The maximum Gasteiger partial charge on any atom is 0.240 e. The summed E-state index contributed by atoms with van der Waals surface area (Å²) in [6.45, 7) is 0.490. The molecule has 0 saturated heterocycles. The minimum atomic E-state index is -0.439. The van der Waals surface area contributed by atoms with Crippen LogP contribution < -0.4 is 10.6 Å². The third-order valence-corrected chi connectivity index (χ3v) is 5.25. The monoisotopic (exact) mass is 379 g/mol. The van der Waals surface area contributed by atoms with E-state index in [1.807, 2.05) is 6.07 Å². The van der Waals surface area contributed by atoms with Crippen molar-refractivity contribution >= 4 is 34.3 Å². The normalized spacial score (nSPS) is 16.4. The summed E-state index contributed by atoms with van der Waals surface area (Å²) in [6, 6.07) is 6.39. The third kappa shape index (κ3) is 4.36. The molecule has 1 aromatic heterocycles. The molecule has 26 heavy (non-hydrogen) atoms. The summed E-state index contributed by atoms with van der Waals surface area (Å²) in [7, 11) is 0. The Labute approximate surface area is 156 Å². The number of carbonyl (C=O) groups excluding carboxylic acids is 2. The molecule has 0 aliphatic heterocycles. The van der Waals surface area contributed by atoms with Crippen LogP contribution >= 0.6 is 11.6 Å². The molecule has 2 amide bonds. The summed E-state index contributed by atoms with van der Waals surface area (Å²) in [5.74, 6) is -0.803. The molecule has 1 aromatic carbocycles. The second kappa shape index (κ2) is 8.08. The first kappa shape index (κ1) is 18.7. The highest BCUT2D eigenvalue weighted by Crippen LogP contribution is 2.28. The topological polar surface area (TPSA) is 63.1 Å². The Hall–Kier alpha value is -2.08. The number of nitrogens with zero attached hydrogens (tertiary/aromatic N) is 1. The maximum atomic E-state index is 13.5. The summed E-state index contributed by atoms with van der Waals surface area (Å²) < 4.78 is 15.2. The zero-order valence-electron chi connectivity index (χ0n) is 14.6. The lowest BCUT2D eigenvalue weighted by molar-refractivity contribution is -0.125. The minimum absolute atomic E-state index is 0.0923. The number of alkyl halides is 1. The second-order valence-corrected chi connectivity index (χ2v) is 7.21. The summed E-state index contributed by atoms with van der Waals surface area (Å²) in [5, 5.41) is 6.81. The minimum Gasteiger partial charge on any atom is -0.353 e. The van der Waals surface area contributed by atoms with Gasteiger partial charge in [-0.3, -0.25) is 9.59 Å². The van der Waals surface area contributed by atoms with Crippen LogP contribution in [0.5, 0.6) is 0 Å². The maximum absolute atomic E-state index is 13.5. The van der Waals surface area contributed by atoms with E-state index in [1.54, 1.807) is 16.8 Å². The van der Waals surface area contributed by atoms with Crippen LogP contribution in [0.25, 0.3) is 10.9 Å². The van der Waals surface area contributed by atoms with Crippen LogP contribution in [-0.2, 0) is 16.1 Å². The highest BCUT2D eigenvalue weighted by atomic mass is 35.5. The van der Waals surface area contributed by atoms with Gasteiger partial charge in [0.25, 0.3) is 0 Å². The fourth-order valence-electron chi connectivity index (χ4n) is 3.67. The Morgan fingerprint density at radius 2 is 1.92 bits per heavy atom. The van der Waals surface area contributed by atoms with Gasteiger partial charge in [0.1, 0.15) is 18.2 Å². The third-order valence-electron chi connectivity index (χ3n) is 5.01. The van der Waals surface area contributed by atoms with Crippen molar-refractivity contribution in [3.8, 4) is 0 Å². The van der Waals surface area contributed by atoms with E-state index in [4.69, 9.17) is 11.6 Å². The Kier molecular flexibility index (Phi) is 5.81. The summed E-state index contributed by atoms with van der Waals surface area (Å²) in [6.07, 6.45) is 6.57. The van der Waals surface area contributed by atoms with Crippen LogP contribution in [0, 0.1) is 5.82 Å². The Bertz CT molecular complexity index is 799. The largest absolute Gasteiger partial charge is 0.353 e. The van der Waals surface area contributed by atoms with Gasteiger partial charge in [0.15, 0.2) is 0 Å². The van der Waals surface area contributed by atoms with Gasteiger partial charge < -0.3 is 15.2 Å². The lowest BCUT2D eigenvalue weighted by Gasteiger charge is -2.38. The van der Waals surface area contributed by atoms with Crippen molar-refractivity contribution < 1.29 is 14.0 Å². The second-order valence-electron chi connectivity index (χ2n) is 6.95. The first-order chi connectivity index (χ1) is 12.5. The number of hydrogen-bond acceptors (Lipinski definition) is 2. The number of carbonyl (C=O) groups is 2. The van der Waals surface area contributed by atoms with E-state index < -0.39 is 5.54 Å². The number of benzene rings is 1. The molecule has 7 heteroatoms. The zero-order chi connectivity index (χ0) is 18.6. The molecule has 0 unspecified atom stereocenters. The molecule has 0 bridgehead atoms. The van der Waals surface area contributed by atoms with Gasteiger partial charge in [-0.05, 0) is 42.5 Å². The molecular formula is C19H23ClFN3O2. The van der Waals surface area contributed by atoms with Crippen LogP contribution in [0.15, 0.2) is 30.5 Å². The highest BCUT2D eigenvalue weighted by Gasteiger charge is 2.33. The number of aromatic nitrogens is 1. The lowest BCUT2D eigenvalue weighted by Crippen LogP contribution is -2.57. The van der Waals surface area contributed by atoms with Gasteiger partial charge in [-0.2, -0.15) is 0 Å². The molecule has 0 radical (unpaired) electrons. The Morgan fingerprint density at radius 1 is 1.15 bits per heavy atom. The van der Waals surface area contributed by atoms with E-state index in [2.05, 4.69) is 10.6 Å². The van der Waals surface area contributed by atoms with Crippen molar-refractivity contribution in [3.05, 3.63) is 36.3 Å². The van der Waals surface area contributed by atoms with Crippen LogP contribution in [-0.4, -0.2) is 34.3 Å². The van der Waals surface area contributed by atoms with Gasteiger partial charge in [0.05, 0.1) is 11.1 Å². The van der Waals surface area contributed by atoms with E-state index in [0.717, 1.165) is 37.5 Å². The van der Waals surface area contributed by atoms with Crippen molar-refractivity contribution in [3.63, 3.8) is 0 Å². The highest BCUT2D eigenvalue weighted by molar-refractivity contribution is 6.27. The van der Waals surface area contributed by atoms with E-state index in [9.17, 15) is 14.0 Å². The molecule has 1 aliphatic carbocycles. The summed E-state index contributed by atoms with van der Waals surface area (Å²) in [4.78, 5) is 24.2. The first-order valence-corrected chi connectivity index (χ1v) is 9.43. The van der Waals surface area contributed by atoms with Crippen LogP contribution in [0.4, 0.5) is 4.39 Å². The van der Waals surface area contributed by atoms with Gasteiger partial charge in [-0.25, -0.2) is 4.39 Å². The van der Waals surface area contributed by atoms with E-state index in [-0.39, 0.29) is 30.1 Å². The predicted octanol–water partition coefficient (Wildman–Crippen LogP) is 2.95. The van der Waals surface area contributed by atoms with E-state index in [1.165, 1.54) is 12.1 Å². The molecule has 1 saturated carbocycles. The number of rotatable bonds is 6. The molecule has 0 atom stereocenters. The quantitative estimate of drug-likeness (QED) is 0.758. The number of nitrogens with one attached hydrogen (secondary N) is 2. The Balaban J connectivity index is 1.70. The van der Waals surface area contributed by atoms with Gasteiger partial charge in [0.2, 0.25) is 11.8 Å². The summed E-state index contributed by atoms with van der Waals surface area (Å²) >= 11 is 5.55. The Morgan fingerprint density at radius 3 is 2.65 bits per heavy atom. The molecule has 3 rings (SSSR count). The zero-order valence-corrected chi connectivity index (χ0v) is 15.3. The van der Waals surface area contributed by atoms with Crippen LogP contribution in [0.3, 0.4) is 0 Å². The van der Waals surface area contributed by atoms with Crippen molar-refractivity contribution in [1.82, 2.24) is 15.2 Å². The fourth-order valence-corrected chi connectivity index (χ4v) is 3.77. The molecule has 1 aliphatic rings. The van der Waals surface area contributed by atoms with Crippen molar-refractivity contribution in [2.24, 2.45) is 0 Å². The summed E-state index contributed by atoms with van der Waals surface area (Å²) in [5.41, 5.74) is 0.249. The molecule has 0 spiro atoms. The SMILES string of the molecule is O=C(CCl)NCC1(NC(=O)Cn2ccc3ccc(F)cc32)CCCCC1. The average Bonchev–Trinajstić information content (AvgIpc) is 3.02. The van der Waals surface area contributed by atoms with E-state index in [0.29, 0.717) is 12.1 Å². The van der Waals surface area contributed by atoms with Gasteiger partial charge in [0, 0.05) is 12.7 Å². The molecule has 2 N–H and O–H groups in total. The van der Waals surface area contributed by atoms with E-state index >= 15 is 0 Å². The molecule has 1 fully saturated rings. The number of fused-ring (bicyclic) bond motifs is 1. The molecule has 1 heterocycles. The van der Waals surface area contributed by atoms with Crippen molar-refractivity contribution in [2.45, 2.75) is 44.2 Å². The lowest BCUT2D eigenvalue weighted by atomic mass is 9.81. The standard InChI is InChI=1S/C19H23ClFN3O2/c20-11-17(25)22-13-19(7-2-1-3-8-19)23-18(26)12-24-9-6-14-4-5-15(21)10-16(14)24/h4-6,9-10H,1-3,7-8,11-13H2,(H,22,25)(H,23,26). The average molecular weight is 380 g/mol. The van der Waals surface area contributed by atoms with Gasteiger partial charge in [-0.1, -0.05) is 19.3 Å². The van der Waals surface area contributed by atoms with Crippen molar-refractivity contribution in [1.29, 1.82) is 0 Å². The number of amides is 2. The molecule has 2 aromatic rings. The number of hydrogen-bond donors (Lipinski definition) is 2. The first-order valence-electron chi connectivity index (χ1n) is 8.89. The van der Waals surface area contributed by atoms with Gasteiger partial charge >= 0.3 is 0 Å². The van der Waals surface area contributed by atoms with Crippen molar-refractivity contribution in [2.75, 3.05) is 12.4 Å². The smallest absolute Gasteiger partial charge is 0.240 e. The van der Waals surface area contributed by atoms with Crippen LogP contribution in [0.2, 0.25) is 0 Å². The molecule has 140 valence electrons. The van der Waals surface area contributed by atoms with Crippen LogP contribution in [0.1, 0.15) is 32.1 Å². The molecular weight excluding hydrogens is 357 g/mol. The fraction of sp³-hybridized carbons (Fsp3) is 0.474. The predicted molar refractivity (Wildman–Crippen MR) is 99.6 cm³/mol. The van der Waals surface area contributed by atoms with Gasteiger partial charge in [-0.15, -0.1) is 11.6 Å².